The summed E-state index contributed by atoms with van der Waals surface area (Å²) in [5, 5.41) is 0.569. The average Bonchev–Trinajstić information content (AvgIpc) is 3.35. The normalized spacial score (nSPS) is 13.8. The number of benzene rings is 2. The molecule has 2 aromatic carbocycles. The molecule has 1 aliphatic heterocycles. The predicted molar refractivity (Wildman–Crippen MR) is 148 cm³/mol. The molecule has 186 valence electrons. The van der Waals surface area contributed by atoms with E-state index in [2.05, 4.69) is 55.8 Å². The quantitative estimate of drug-likeness (QED) is 0.398. The molecule has 0 bridgehead atoms. The third-order valence-corrected chi connectivity index (χ3v) is 6.83. The third-order valence-electron chi connectivity index (χ3n) is 6.60. The molecule has 3 heterocycles. The van der Waals surface area contributed by atoms with Crippen LogP contribution < -0.4 is 10.6 Å². The molecule has 4 aromatic rings. The van der Waals surface area contributed by atoms with E-state index in [-0.39, 0.29) is 0 Å². The molecule has 8 heteroatoms. The third kappa shape index (κ3) is 5.36. The molecular formula is C29H27ClN6O. The Morgan fingerprint density at radius 3 is 2.54 bits per heavy atom. The Labute approximate surface area is 221 Å². The van der Waals surface area contributed by atoms with Gasteiger partial charge in [-0.3, -0.25) is 4.79 Å². The molecule has 0 spiro atoms. The number of nitrogens with zero attached hydrogens (tertiary/aromatic N) is 4. The highest BCUT2D eigenvalue weighted by Gasteiger charge is 2.19. The maximum atomic E-state index is 12.3. The zero-order valence-electron chi connectivity index (χ0n) is 20.8. The van der Waals surface area contributed by atoms with Crippen LogP contribution >= 0.6 is 11.6 Å². The van der Waals surface area contributed by atoms with Crippen molar-refractivity contribution in [2.45, 2.75) is 6.92 Å². The van der Waals surface area contributed by atoms with Gasteiger partial charge in [0.2, 0.25) is 0 Å². The zero-order chi connectivity index (χ0) is 25.9. The molecule has 7 nitrogen and oxygen atoms in total. The van der Waals surface area contributed by atoms with E-state index in [4.69, 9.17) is 17.3 Å². The molecule has 0 saturated carbocycles. The van der Waals surface area contributed by atoms with Crippen LogP contribution in [0.2, 0.25) is 5.02 Å². The second-order valence-electron chi connectivity index (χ2n) is 9.17. The Morgan fingerprint density at radius 2 is 1.81 bits per heavy atom. The molecule has 3 N–H and O–H groups in total. The van der Waals surface area contributed by atoms with Crippen LogP contribution in [0.15, 0.2) is 61.1 Å². The number of carbonyl (C=O) groups is 1. The first-order chi connectivity index (χ1) is 17.9. The summed E-state index contributed by atoms with van der Waals surface area (Å²) in [6.45, 7) is 6.12. The lowest BCUT2D eigenvalue weighted by molar-refractivity contribution is 0.100. The van der Waals surface area contributed by atoms with Gasteiger partial charge >= 0.3 is 0 Å². The van der Waals surface area contributed by atoms with Gasteiger partial charge in [-0.1, -0.05) is 29.5 Å². The number of anilines is 1. The minimum absolute atomic E-state index is 0.359. The lowest BCUT2D eigenvalue weighted by Gasteiger charge is -2.34. The van der Waals surface area contributed by atoms with Crippen LogP contribution in [0.25, 0.3) is 22.6 Å². The van der Waals surface area contributed by atoms with Gasteiger partial charge in [0.1, 0.15) is 12.0 Å². The topological polar surface area (TPSA) is 91.1 Å². The number of aryl methyl sites for hydroxylation is 1. The molecule has 1 aliphatic rings. The zero-order valence-corrected chi connectivity index (χ0v) is 21.5. The van der Waals surface area contributed by atoms with Crippen LogP contribution in [0, 0.1) is 18.8 Å². The number of likely N-dealkylation sites (N-methyl/N-ethyl adjacent to an activating group) is 1. The molecule has 1 amide bonds. The van der Waals surface area contributed by atoms with Crippen LogP contribution in [-0.2, 0) is 0 Å². The SMILES string of the molecule is Cc1ccc(Cl)cc1-c1[nH]c(-c2ncncc2C#Cc2ccc(N3CCN(C)CC3)cc2)cc1C(N)=O. The Hall–Kier alpha value is -4.12. The fraction of sp³-hybridized carbons (Fsp3) is 0.207. The molecular weight excluding hydrogens is 484 g/mol. The summed E-state index contributed by atoms with van der Waals surface area (Å²) in [6.07, 6.45) is 3.13. The lowest BCUT2D eigenvalue weighted by Crippen LogP contribution is -2.44. The number of nitrogens with one attached hydrogen (secondary N) is 1. The number of rotatable bonds is 4. The van der Waals surface area contributed by atoms with E-state index in [1.54, 1.807) is 12.3 Å². The van der Waals surface area contributed by atoms with Gasteiger partial charge in [0.15, 0.2) is 0 Å². The predicted octanol–water partition coefficient (Wildman–Crippen LogP) is 4.35. The van der Waals surface area contributed by atoms with E-state index >= 15 is 0 Å². The van der Waals surface area contributed by atoms with Gasteiger partial charge in [-0.15, -0.1) is 0 Å². The van der Waals surface area contributed by atoms with Crippen molar-refractivity contribution in [2.75, 3.05) is 38.1 Å². The standard InChI is InChI=1S/C29H27ClN6O/c1-19-3-8-22(30)15-24(19)28-25(29(31)37)16-26(34-28)27-21(17-32-18-33-27)7-4-20-5-9-23(10-6-20)36-13-11-35(2)12-14-36/h3,5-6,8-10,15-18,34H,11-14H2,1-2H3,(H2,31,37). The summed E-state index contributed by atoms with van der Waals surface area (Å²) in [5.41, 5.74) is 12.4. The number of halogens is 1. The summed E-state index contributed by atoms with van der Waals surface area (Å²) < 4.78 is 0. The number of hydrogen-bond donors (Lipinski definition) is 2. The second-order valence-corrected chi connectivity index (χ2v) is 9.60. The molecule has 0 radical (unpaired) electrons. The van der Waals surface area contributed by atoms with Crippen molar-refractivity contribution < 1.29 is 4.79 Å². The highest BCUT2D eigenvalue weighted by Crippen LogP contribution is 2.32. The highest BCUT2D eigenvalue weighted by molar-refractivity contribution is 6.31. The number of carbonyl (C=O) groups excluding carboxylic acids is 1. The van der Waals surface area contributed by atoms with E-state index < -0.39 is 5.91 Å². The number of hydrogen-bond acceptors (Lipinski definition) is 5. The highest BCUT2D eigenvalue weighted by atomic mass is 35.5. The second kappa shape index (κ2) is 10.5. The van der Waals surface area contributed by atoms with Gasteiger partial charge in [-0.05, 0) is 62.0 Å². The first kappa shape index (κ1) is 24.6. The van der Waals surface area contributed by atoms with E-state index in [0.717, 1.165) is 42.9 Å². The van der Waals surface area contributed by atoms with Crippen molar-refractivity contribution >= 4 is 23.2 Å². The van der Waals surface area contributed by atoms with E-state index in [9.17, 15) is 4.79 Å². The van der Waals surface area contributed by atoms with Crippen LogP contribution in [0.4, 0.5) is 5.69 Å². The van der Waals surface area contributed by atoms with E-state index in [0.29, 0.717) is 33.2 Å². The monoisotopic (exact) mass is 510 g/mol. The van der Waals surface area contributed by atoms with Crippen LogP contribution in [0.5, 0.6) is 0 Å². The molecule has 1 saturated heterocycles. The van der Waals surface area contributed by atoms with Crippen molar-refractivity contribution in [1.82, 2.24) is 19.9 Å². The number of nitrogens with two attached hydrogens (primary N) is 1. The lowest BCUT2D eigenvalue weighted by atomic mass is 10.0. The van der Waals surface area contributed by atoms with E-state index in [1.165, 1.54) is 12.0 Å². The largest absolute Gasteiger partial charge is 0.369 e. The summed E-state index contributed by atoms with van der Waals surface area (Å²) >= 11 is 6.23. The molecule has 37 heavy (non-hydrogen) atoms. The molecule has 5 rings (SSSR count). The molecule has 2 aromatic heterocycles. The number of H-pyrrole nitrogens is 1. The van der Waals surface area contributed by atoms with E-state index in [1.807, 2.05) is 37.3 Å². The summed E-state index contributed by atoms with van der Waals surface area (Å²) in [6, 6.07) is 15.5. The first-order valence-corrected chi connectivity index (χ1v) is 12.4. The van der Waals surface area contributed by atoms with Gasteiger partial charge < -0.3 is 20.5 Å². The van der Waals surface area contributed by atoms with Crippen molar-refractivity contribution in [3.63, 3.8) is 0 Å². The minimum atomic E-state index is -0.543. The number of piperazine rings is 1. The van der Waals surface area contributed by atoms with Gasteiger partial charge in [-0.2, -0.15) is 0 Å². The maximum Gasteiger partial charge on any atom is 0.250 e. The van der Waals surface area contributed by atoms with Crippen LogP contribution in [0.3, 0.4) is 0 Å². The minimum Gasteiger partial charge on any atom is -0.369 e. The van der Waals surface area contributed by atoms with Gasteiger partial charge in [0.05, 0.1) is 22.5 Å². The molecule has 0 atom stereocenters. The Balaban J connectivity index is 1.46. The van der Waals surface area contributed by atoms with Crippen molar-refractivity contribution in [3.05, 3.63) is 88.3 Å². The Kier molecular flexibility index (Phi) is 6.95. The average molecular weight is 511 g/mol. The fourth-order valence-corrected chi connectivity index (χ4v) is 4.62. The number of primary amides is 1. The number of aromatic amines is 1. The van der Waals surface area contributed by atoms with Crippen molar-refractivity contribution in [1.29, 1.82) is 0 Å². The molecule has 1 fully saturated rings. The van der Waals surface area contributed by atoms with Gasteiger partial charge in [-0.25, -0.2) is 9.97 Å². The maximum absolute atomic E-state index is 12.3. The van der Waals surface area contributed by atoms with Crippen LogP contribution in [0.1, 0.15) is 27.0 Å². The molecule has 0 aliphatic carbocycles. The Morgan fingerprint density at radius 1 is 1.05 bits per heavy atom. The summed E-state index contributed by atoms with van der Waals surface area (Å²) in [5.74, 6) is 5.88. The van der Waals surface area contributed by atoms with Gasteiger partial charge in [0, 0.05) is 54.2 Å². The van der Waals surface area contributed by atoms with Gasteiger partial charge in [0.25, 0.3) is 5.91 Å². The number of amides is 1. The van der Waals surface area contributed by atoms with Crippen molar-refractivity contribution in [3.8, 4) is 34.5 Å². The Bertz CT molecular complexity index is 1510. The van der Waals surface area contributed by atoms with Crippen LogP contribution in [-0.4, -0.2) is 59.0 Å². The van der Waals surface area contributed by atoms with Crippen molar-refractivity contribution in [2.24, 2.45) is 5.73 Å². The smallest absolute Gasteiger partial charge is 0.250 e. The first-order valence-electron chi connectivity index (χ1n) is 12.0. The number of aromatic nitrogens is 3. The molecule has 0 unspecified atom stereocenters. The fourth-order valence-electron chi connectivity index (χ4n) is 4.45. The summed E-state index contributed by atoms with van der Waals surface area (Å²) in [7, 11) is 2.15. The summed E-state index contributed by atoms with van der Waals surface area (Å²) in [4.78, 5) is 29.0.